The van der Waals surface area contributed by atoms with Crippen molar-refractivity contribution >= 4 is 18.4 Å². The minimum absolute atomic E-state index is 0.0904. The molecule has 0 aromatic heterocycles. The molecule has 22 heavy (non-hydrogen) atoms. The molecule has 0 spiro atoms. The van der Waals surface area contributed by atoms with Crippen molar-refractivity contribution in [1.29, 1.82) is 0 Å². The quantitative estimate of drug-likeness (QED) is 0.265. The Hall–Kier alpha value is 0.279. The summed E-state index contributed by atoms with van der Waals surface area (Å²) in [5, 5.41) is 0. The summed E-state index contributed by atoms with van der Waals surface area (Å²) < 4.78 is 14.8. The molecule has 1 aliphatic heterocycles. The van der Waals surface area contributed by atoms with E-state index in [1.54, 1.807) is 0 Å². The predicted molar refractivity (Wildman–Crippen MR) is 97.6 cm³/mol. The maximum absolute atomic E-state index is 5.75. The van der Waals surface area contributed by atoms with Gasteiger partial charge >= 0.3 is 106 Å². The van der Waals surface area contributed by atoms with Gasteiger partial charge in [0.05, 0.1) is 0 Å². The van der Waals surface area contributed by atoms with Crippen molar-refractivity contribution in [3.05, 3.63) is 0 Å². The fourth-order valence-corrected chi connectivity index (χ4v) is 4.45. The Morgan fingerprint density at radius 3 is 2.27 bits per heavy atom. The zero-order valence-corrected chi connectivity index (χ0v) is 17.9. The van der Waals surface area contributed by atoms with E-state index >= 15 is 0 Å². The van der Waals surface area contributed by atoms with E-state index in [1.165, 1.54) is 57.8 Å². The fraction of sp³-hybridized carbons (Fsp3) is 0.895. The van der Waals surface area contributed by atoms with Gasteiger partial charge in [-0.25, -0.2) is 0 Å². The molecule has 1 fully saturated rings. The fourth-order valence-electron chi connectivity index (χ4n) is 2.58. The second-order valence-electron chi connectivity index (χ2n) is 7.44. The van der Waals surface area contributed by atoms with E-state index in [0.717, 1.165) is 26.1 Å². The van der Waals surface area contributed by atoms with E-state index in [-0.39, 0.29) is 6.29 Å². The third-order valence-electron chi connectivity index (χ3n) is 3.85. The van der Waals surface area contributed by atoms with Crippen LogP contribution >= 0.6 is 0 Å². The van der Waals surface area contributed by atoms with Gasteiger partial charge in [0.2, 0.25) is 0 Å². The summed E-state index contributed by atoms with van der Waals surface area (Å²) in [6.07, 6.45) is 13.9. The second-order valence-corrected chi connectivity index (χ2v) is 21.0. The first kappa shape index (κ1) is 20.3. The van der Waals surface area contributed by atoms with Crippen LogP contribution in [0.4, 0.5) is 0 Å². The molecule has 3 heteroatoms. The molecule has 1 heterocycles. The van der Waals surface area contributed by atoms with Gasteiger partial charge in [-0.05, 0) is 19.3 Å². The van der Waals surface area contributed by atoms with Gasteiger partial charge in [0.25, 0.3) is 0 Å². The third-order valence-corrected chi connectivity index (χ3v) is 6.50. The van der Waals surface area contributed by atoms with Crippen LogP contribution in [0.1, 0.15) is 70.6 Å². The van der Waals surface area contributed by atoms with Crippen molar-refractivity contribution in [2.75, 3.05) is 13.2 Å². The Kier molecular flexibility index (Phi) is 11.7. The monoisotopic (exact) mass is 416 g/mol. The van der Waals surface area contributed by atoms with Crippen molar-refractivity contribution in [2.45, 2.75) is 91.7 Å². The van der Waals surface area contributed by atoms with Crippen LogP contribution < -0.4 is 0 Å². The molecular formula is C19H36O2Sn. The normalized spacial score (nSPS) is 18.8. The van der Waals surface area contributed by atoms with Crippen molar-refractivity contribution < 1.29 is 9.47 Å². The van der Waals surface area contributed by atoms with Gasteiger partial charge in [0.15, 0.2) is 6.29 Å². The topological polar surface area (TPSA) is 18.5 Å². The van der Waals surface area contributed by atoms with Gasteiger partial charge in [-0.3, -0.25) is 0 Å². The van der Waals surface area contributed by atoms with Crippen LogP contribution in [0.25, 0.3) is 0 Å². The Morgan fingerprint density at radius 2 is 1.64 bits per heavy atom. The first-order chi connectivity index (χ1) is 10.6. The van der Waals surface area contributed by atoms with E-state index < -0.39 is 18.4 Å². The van der Waals surface area contributed by atoms with Gasteiger partial charge in [0.1, 0.15) is 0 Å². The third kappa shape index (κ3) is 12.8. The molecule has 0 aliphatic carbocycles. The molecule has 0 aromatic carbocycles. The zero-order chi connectivity index (χ0) is 16.1. The zero-order valence-electron chi connectivity index (χ0n) is 15.1. The molecule has 1 rings (SSSR count). The number of rotatable bonds is 10. The van der Waals surface area contributed by atoms with Gasteiger partial charge in [-0.15, -0.1) is 0 Å². The van der Waals surface area contributed by atoms with E-state index in [0.29, 0.717) is 0 Å². The molecule has 0 saturated carbocycles. The van der Waals surface area contributed by atoms with E-state index in [2.05, 4.69) is 24.7 Å². The molecule has 1 unspecified atom stereocenters. The first-order valence-electron chi connectivity index (χ1n) is 9.31. The minimum atomic E-state index is -1.81. The standard InChI is InChI=1S/C16H27O2.3CH3.Sn/c1-2-3-4-5-6-7-8-9-11-14-17-16-13-10-12-15-18-16;;;;/h16H,3-15H2;3*1H3;. The molecule has 0 radical (unpaired) electrons. The summed E-state index contributed by atoms with van der Waals surface area (Å²) in [6.45, 7) is 1.76. The number of hydrogen-bond acceptors (Lipinski definition) is 2. The molecule has 0 aromatic rings. The SMILES string of the molecule is [CH3][Sn]([CH3])([CH3])[C]#CCCCCCCCCCOC1CCCCO1. The van der Waals surface area contributed by atoms with Crippen LogP contribution in [0.3, 0.4) is 0 Å². The van der Waals surface area contributed by atoms with Crippen LogP contribution in [0.15, 0.2) is 0 Å². The van der Waals surface area contributed by atoms with E-state index in [1.807, 2.05) is 0 Å². The molecule has 0 N–H and O–H groups in total. The average molecular weight is 415 g/mol. The van der Waals surface area contributed by atoms with Crippen LogP contribution in [-0.2, 0) is 9.47 Å². The Labute approximate surface area is 142 Å². The van der Waals surface area contributed by atoms with Crippen LogP contribution in [-0.4, -0.2) is 37.9 Å². The minimum Gasteiger partial charge on any atom is -0.353 e. The van der Waals surface area contributed by atoms with Crippen molar-refractivity contribution in [3.63, 3.8) is 0 Å². The number of ether oxygens (including phenoxy) is 2. The first-order valence-corrected chi connectivity index (χ1v) is 19.3. The average Bonchev–Trinajstić information content (AvgIpc) is 2.48. The van der Waals surface area contributed by atoms with Crippen LogP contribution in [0, 0.1) is 9.86 Å². The van der Waals surface area contributed by atoms with Crippen molar-refractivity contribution in [1.82, 2.24) is 0 Å². The predicted octanol–water partition coefficient (Wildman–Crippen LogP) is 5.53. The van der Waals surface area contributed by atoms with Crippen LogP contribution in [0.2, 0.25) is 14.8 Å². The summed E-state index contributed by atoms with van der Waals surface area (Å²) >= 11 is -1.81. The van der Waals surface area contributed by atoms with Gasteiger partial charge in [0, 0.05) is 6.61 Å². The van der Waals surface area contributed by atoms with Crippen LogP contribution in [0.5, 0.6) is 0 Å². The number of unbranched alkanes of at least 4 members (excludes halogenated alkanes) is 7. The molecule has 1 atom stereocenters. The summed E-state index contributed by atoms with van der Waals surface area (Å²) in [4.78, 5) is 7.14. The van der Waals surface area contributed by atoms with E-state index in [9.17, 15) is 0 Å². The molecule has 1 saturated heterocycles. The van der Waals surface area contributed by atoms with Gasteiger partial charge in [-0.1, -0.05) is 0 Å². The molecule has 128 valence electrons. The summed E-state index contributed by atoms with van der Waals surface area (Å²) in [5.74, 6) is 3.39. The Balaban J connectivity index is 1.78. The smallest absolute Gasteiger partial charge is 0.353 e. The summed E-state index contributed by atoms with van der Waals surface area (Å²) in [7, 11) is 0. The molecule has 0 bridgehead atoms. The second kappa shape index (κ2) is 12.7. The Morgan fingerprint density at radius 1 is 0.955 bits per heavy atom. The number of hydrogen-bond donors (Lipinski definition) is 0. The molecule has 2 nitrogen and oxygen atoms in total. The van der Waals surface area contributed by atoms with Crippen molar-refractivity contribution in [2.24, 2.45) is 0 Å². The molecule has 0 amide bonds. The summed E-state index contributed by atoms with van der Waals surface area (Å²) in [5.41, 5.74) is 0. The Bertz CT molecular complexity index is 319. The van der Waals surface area contributed by atoms with Gasteiger partial charge < -0.3 is 4.74 Å². The van der Waals surface area contributed by atoms with Crippen molar-refractivity contribution in [3.8, 4) is 9.86 Å². The van der Waals surface area contributed by atoms with E-state index in [4.69, 9.17) is 9.47 Å². The molecular weight excluding hydrogens is 379 g/mol. The van der Waals surface area contributed by atoms with Gasteiger partial charge in [-0.2, -0.15) is 0 Å². The summed E-state index contributed by atoms with van der Waals surface area (Å²) in [6, 6.07) is 0. The maximum atomic E-state index is 5.75. The molecule has 1 aliphatic rings.